The highest BCUT2D eigenvalue weighted by Crippen LogP contribution is 2.05. The number of amides is 1. The standard InChI is InChI=1S/C12H18ClN3O2/c1-4-18-7-10(8(2)3)16-12(17)9-5-15-11(13)6-14-9/h5-6,8,10H,4,7H2,1-3H3,(H,16,17). The molecule has 0 aliphatic heterocycles. The highest BCUT2D eigenvalue weighted by atomic mass is 35.5. The molecule has 1 rings (SSSR count). The summed E-state index contributed by atoms with van der Waals surface area (Å²) in [5.74, 6) is 0.0123. The maximum absolute atomic E-state index is 11.9. The fourth-order valence-electron chi connectivity index (χ4n) is 1.32. The third kappa shape index (κ3) is 4.58. The van der Waals surface area contributed by atoms with Crippen molar-refractivity contribution < 1.29 is 9.53 Å². The molecule has 1 N–H and O–H groups in total. The van der Waals surface area contributed by atoms with Crippen LogP contribution in [0.1, 0.15) is 31.3 Å². The van der Waals surface area contributed by atoms with E-state index in [-0.39, 0.29) is 28.7 Å². The van der Waals surface area contributed by atoms with Crippen molar-refractivity contribution in [2.45, 2.75) is 26.8 Å². The summed E-state index contributed by atoms with van der Waals surface area (Å²) >= 11 is 5.62. The zero-order valence-electron chi connectivity index (χ0n) is 10.8. The van der Waals surface area contributed by atoms with E-state index < -0.39 is 0 Å². The number of hydrogen-bond donors (Lipinski definition) is 1. The first-order valence-corrected chi connectivity index (χ1v) is 6.28. The minimum Gasteiger partial charge on any atom is -0.380 e. The monoisotopic (exact) mass is 271 g/mol. The molecule has 0 aliphatic rings. The van der Waals surface area contributed by atoms with Crippen molar-refractivity contribution in [3.8, 4) is 0 Å². The van der Waals surface area contributed by atoms with Crippen LogP contribution in [0, 0.1) is 5.92 Å². The number of halogens is 1. The second-order valence-electron chi connectivity index (χ2n) is 4.21. The van der Waals surface area contributed by atoms with Crippen LogP contribution in [0.4, 0.5) is 0 Å². The Morgan fingerprint density at radius 3 is 2.67 bits per heavy atom. The second-order valence-corrected chi connectivity index (χ2v) is 4.60. The summed E-state index contributed by atoms with van der Waals surface area (Å²) in [5, 5.41) is 3.14. The summed E-state index contributed by atoms with van der Waals surface area (Å²) < 4.78 is 5.34. The lowest BCUT2D eigenvalue weighted by Gasteiger charge is -2.21. The lowest BCUT2D eigenvalue weighted by molar-refractivity contribution is 0.0801. The van der Waals surface area contributed by atoms with Crippen molar-refractivity contribution in [2.24, 2.45) is 5.92 Å². The molecule has 18 heavy (non-hydrogen) atoms. The quantitative estimate of drug-likeness (QED) is 0.859. The predicted octanol–water partition coefficient (Wildman–Crippen LogP) is 1.92. The van der Waals surface area contributed by atoms with Crippen LogP contribution in [-0.4, -0.2) is 35.1 Å². The average molecular weight is 272 g/mol. The third-order valence-electron chi connectivity index (χ3n) is 2.48. The number of aromatic nitrogens is 2. The molecule has 0 radical (unpaired) electrons. The Balaban J connectivity index is 2.63. The van der Waals surface area contributed by atoms with Crippen LogP contribution in [0.5, 0.6) is 0 Å². The third-order valence-corrected chi connectivity index (χ3v) is 2.67. The lowest BCUT2D eigenvalue weighted by Crippen LogP contribution is -2.42. The predicted molar refractivity (Wildman–Crippen MR) is 69.6 cm³/mol. The molecule has 0 saturated heterocycles. The molecule has 1 aromatic rings. The van der Waals surface area contributed by atoms with Crippen molar-refractivity contribution >= 4 is 17.5 Å². The molecule has 100 valence electrons. The van der Waals surface area contributed by atoms with Crippen LogP contribution in [0.25, 0.3) is 0 Å². The van der Waals surface area contributed by atoms with Crippen molar-refractivity contribution in [3.63, 3.8) is 0 Å². The molecule has 0 saturated carbocycles. The van der Waals surface area contributed by atoms with Gasteiger partial charge in [0.1, 0.15) is 10.8 Å². The molecule has 0 spiro atoms. The van der Waals surface area contributed by atoms with Crippen LogP contribution in [0.15, 0.2) is 12.4 Å². The van der Waals surface area contributed by atoms with Gasteiger partial charge in [-0.15, -0.1) is 0 Å². The fraction of sp³-hybridized carbons (Fsp3) is 0.583. The van der Waals surface area contributed by atoms with Gasteiger partial charge in [-0.2, -0.15) is 0 Å². The first-order valence-electron chi connectivity index (χ1n) is 5.90. The van der Waals surface area contributed by atoms with E-state index in [9.17, 15) is 4.79 Å². The molecule has 5 nitrogen and oxygen atoms in total. The number of nitrogens with one attached hydrogen (secondary N) is 1. The smallest absolute Gasteiger partial charge is 0.271 e. The Labute approximate surface area is 112 Å². The van der Waals surface area contributed by atoms with Crippen molar-refractivity contribution in [2.75, 3.05) is 13.2 Å². The summed E-state index contributed by atoms with van der Waals surface area (Å²) in [7, 11) is 0. The van der Waals surface area contributed by atoms with Crippen LogP contribution in [-0.2, 0) is 4.74 Å². The maximum Gasteiger partial charge on any atom is 0.271 e. The Morgan fingerprint density at radius 2 is 2.17 bits per heavy atom. The molecule has 1 unspecified atom stereocenters. The highest BCUT2D eigenvalue weighted by Gasteiger charge is 2.18. The van der Waals surface area contributed by atoms with E-state index in [1.165, 1.54) is 12.4 Å². The zero-order chi connectivity index (χ0) is 13.5. The van der Waals surface area contributed by atoms with Crippen LogP contribution >= 0.6 is 11.6 Å². The van der Waals surface area contributed by atoms with E-state index in [1.54, 1.807) is 0 Å². The molecule has 1 heterocycles. The van der Waals surface area contributed by atoms with Gasteiger partial charge in [0.2, 0.25) is 0 Å². The number of carbonyl (C=O) groups excluding carboxylic acids is 1. The topological polar surface area (TPSA) is 64.1 Å². The van der Waals surface area contributed by atoms with E-state index in [0.29, 0.717) is 13.2 Å². The van der Waals surface area contributed by atoms with Gasteiger partial charge in [-0.1, -0.05) is 25.4 Å². The van der Waals surface area contributed by atoms with Gasteiger partial charge in [-0.25, -0.2) is 9.97 Å². The number of hydrogen-bond acceptors (Lipinski definition) is 4. The van der Waals surface area contributed by atoms with E-state index >= 15 is 0 Å². The van der Waals surface area contributed by atoms with Crippen LogP contribution in [0.3, 0.4) is 0 Å². The normalized spacial score (nSPS) is 12.5. The summed E-state index contributed by atoms with van der Waals surface area (Å²) in [4.78, 5) is 19.7. The molecule has 0 fully saturated rings. The fourth-order valence-corrected chi connectivity index (χ4v) is 1.42. The van der Waals surface area contributed by atoms with E-state index in [4.69, 9.17) is 16.3 Å². The molecule has 6 heteroatoms. The number of carbonyl (C=O) groups is 1. The Morgan fingerprint density at radius 1 is 1.44 bits per heavy atom. The Bertz CT molecular complexity index is 381. The Kier molecular flexibility index (Phi) is 6.01. The van der Waals surface area contributed by atoms with Gasteiger partial charge in [0.15, 0.2) is 0 Å². The molecule has 0 aliphatic carbocycles. The summed E-state index contributed by atoms with van der Waals surface area (Å²) in [6.45, 7) is 7.08. The summed E-state index contributed by atoms with van der Waals surface area (Å²) in [5.41, 5.74) is 0.251. The van der Waals surface area contributed by atoms with Crippen LogP contribution in [0.2, 0.25) is 5.15 Å². The van der Waals surface area contributed by atoms with Crippen molar-refractivity contribution in [1.82, 2.24) is 15.3 Å². The van der Waals surface area contributed by atoms with Crippen LogP contribution < -0.4 is 5.32 Å². The zero-order valence-corrected chi connectivity index (χ0v) is 11.6. The first kappa shape index (κ1) is 14.9. The molecule has 1 aromatic heterocycles. The average Bonchev–Trinajstić information content (AvgIpc) is 2.34. The van der Waals surface area contributed by atoms with Gasteiger partial charge < -0.3 is 10.1 Å². The molecular weight excluding hydrogens is 254 g/mol. The Hall–Kier alpha value is -1.20. The van der Waals surface area contributed by atoms with Crippen molar-refractivity contribution in [1.29, 1.82) is 0 Å². The minimum absolute atomic E-state index is 0.0464. The molecule has 1 amide bonds. The lowest BCUT2D eigenvalue weighted by atomic mass is 10.1. The van der Waals surface area contributed by atoms with E-state index in [2.05, 4.69) is 15.3 Å². The summed E-state index contributed by atoms with van der Waals surface area (Å²) in [6.07, 6.45) is 2.71. The van der Waals surface area contributed by atoms with Gasteiger partial charge in [0.05, 0.1) is 25.0 Å². The van der Waals surface area contributed by atoms with Crippen molar-refractivity contribution in [3.05, 3.63) is 23.2 Å². The highest BCUT2D eigenvalue weighted by molar-refractivity contribution is 6.29. The minimum atomic E-state index is -0.266. The number of ether oxygens (including phenoxy) is 1. The largest absolute Gasteiger partial charge is 0.380 e. The summed E-state index contributed by atoms with van der Waals surface area (Å²) in [6, 6.07) is -0.0464. The number of rotatable bonds is 6. The van der Waals surface area contributed by atoms with Gasteiger partial charge in [0.25, 0.3) is 5.91 Å². The maximum atomic E-state index is 11.9. The van der Waals surface area contributed by atoms with Gasteiger partial charge >= 0.3 is 0 Å². The SMILES string of the molecule is CCOCC(NC(=O)c1cnc(Cl)cn1)C(C)C. The van der Waals surface area contributed by atoms with E-state index in [0.717, 1.165) is 0 Å². The van der Waals surface area contributed by atoms with E-state index in [1.807, 2.05) is 20.8 Å². The van der Waals surface area contributed by atoms with Gasteiger partial charge in [-0.05, 0) is 12.8 Å². The number of nitrogens with zero attached hydrogens (tertiary/aromatic N) is 2. The second kappa shape index (κ2) is 7.28. The molecular formula is C12H18ClN3O2. The molecule has 0 aromatic carbocycles. The first-order chi connectivity index (χ1) is 8.54. The van der Waals surface area contributed by atoms with Gasteiger partial charge in [0, 0.05) is 6.61 Å². The molecule has 1 atom stereocenters. The molecule has 0 bridgehead atoms. The van der Waals surface area contributed by atoms with Gasteiger partial charge in [-0.3, -0.25) is 4.79 Å².